The summed E-state index contributed by atoms with van der Waals surface area (Å²) in [5.41, 5.74) is 0. The van der Waals surface area contributed by atoms with Crippen molar-refractivity contribution in [3.8, 4) is 0 Å². The van der Waals surface area contributed by atoms with Crippen molar-refractivity contribution >= 4 is 5.78 Å². The second kappa shape index (κ2) is 2.46. The van der Waals surface area contributed by atoms with Gasteiger partial charge in [-0.25, -0.2) is 5.26 Å². The third-order valence-corrected chi connectivity index (χ3v) is 1.04. The zero-order valence-electron chi connectivity index (χ0n) is 4.70. The van der Waals surface area contributed by atoms with Crippen molar-refractivity contribution in [2.24, 2.45) is 0 Å². The zero-order chi connectivity index (χ0) is 6.69. The maximum Gasteiger partial charge on any atom is 0.161 e. The monoisotopic (exact) mass is 126 g/mol. The minimum Gasteiger partial charge on any atom is -0.341 e. The number of allylic oxidation sites excluding steroid dienone is 3. The molecule has 0 radical (unpaired) electrons. The van der Waals surface area contributed by atoms with Crippen LogP contribution < -0.4 is 0 Å². The fourth-order valence-corrected chi connectivity index (χ4v) is 0.580. The van der Waals surface area contributed by atoms with Gasteiger partial charge in [-0.2, -0.15) is 0 Å². The minimum atomic E-state index is 0.0239. The first-order valence-corrected chi connectivity index (χ1v) is 2.55. The number of ketones is 1. The van der Waals surface area contributed by atoms with E-state index in [1.807, 2.05) is 0 Å². The Morgan fingerprint density at radius 1 is 1.56 bits per heavy atom. The molecule has 0 saturated heterocycles. The van der Waals surface area contributed by atoms with Crippen LogP contribution in [0.4, 0.5) is 0 Å². The van der Waals surface area contributed by atoms with Crippen LogP contribution in [0.2, 0.25) is 0 Å². The first-order valence-electron chi connectivity index (χ1n) is 2.55. The van der Waals surface area contributed by atoms with E-state index < -0.39 is 0 Å². The molecule has 0 bridgehead atoms. The van der Waals surface area contributed by atoms with Crippen molar-refractivity contribution in [3.05, 3.63) is 24.0 Å². The molecule has 0 spiro atoms. The lowest BCUT2D eigenvalue weighted by Gasteiger charge is -1.99. The number of hydrogen-bond donors (Lipinski definition) is 1. The van der Waals surface area contributed by atoms with E-state index in [1.165, 1.54) is 18.2 Å². The van der Waals surface area contributed by atoms with E-state index in [9.17, 15) is 4.79 Å². The van der Waals surface area contributed by atoms with E-state index in [1.54, 1.807) is 0 Å². The van der Waals surface area contributed by atoms with E-state index in [2.05, 4.69) is 4.89 Å². The van der Waals surface area contributed by atoms with Crippen LogP contribution in [-0.2, 0) is 9.68 Å². The largest absolute Gasteiger partial charge is 0.341 e. The Balaban J connectivity index is 2.63. The van der Waals surface area contributed by atoms with Crippen LogP contribution in [0.3, 0.4) is 0 Å². The molecule has 0 atom stereocenters. The van der Waals surface area contributed by atoms with Gasteiger partial charge in [0, 0.05) is 6.42 Å². The second-order valence-electron chi connectivity index (χ2n) is 1.70. The minimum absolute atomic E-state index is 0.0239. The standard InChI is InChI=1S/C6H6O3/c7-5-1-3-6(9-8)4-2-5/h1,3-4,8H,2H2. The van der Waals surface area contributed by atoms with Gasteiger partial charge < -0.3 is 4.89 Å². The highest BCUT2D eigenvalue weighted by molar-refractivity contribution is 5.92. The molecule has 0 fully saturated rings. The molecule has 3 nitrogen and oxygen atoms in total. The molecule has 0 aromatic heterocycles. The van der Waals surface area contributed by atoms with Crippen molar-refractivity contribution < 1.29 is 14.9 Å². The molecule has 1 aliphatic rings. The van der Waals surface area contributed by atoms with Gasteiger partial charge in [-0.15, -0.1) is 0 Å². The predicted octanol–water partition coefficient (Wildman–Crippen LogP) is 0.889. The molecular weight excluding hydrogens is 120 g/mol. The van der Waals surface area contributed by atoms with Crippen LogP contribution in [0.5, 0.6) is 0 Å². The van der Waals surface area contributed by atoms with Crippen molar-refractivity contribution in [3.63, 3.8) is 0 Å². The molecule has 0 saturated carbocycles. The summed E-state index contributed by atoms with van der Waals surface area (Å²) in [4.78, 5) is 14.3. The Labute approximate surface area is 52.2 Å². The van der Waals surface area contributed by atoms with Gasteiger partial charge in [0.05, 0.1) is 0 Å². The third kappa shape index (κ3) is 1.40. The average Bonchev–Trinajstić information content (AvgIpc) is 1.90. The summed E-state index contributed by atoms with van der Waals surface area (Å²) in [6.07, 6.45) is 4.62. The van der Waals surface area contributed by atoms with Gasteiger partial charge in [-0.05, 0) is 18.2 Å². The normalized spacial score (nSPS) is 17.4. The first-order chi connectivity index (χ1) is 4.33. The van der Waals surface area contributed by atoms with E-state index in [0.717, 1.165) is 0 Å². The summed E-state index contributed by atoms with van der Waals surface area (Å²) in [5.74, 6) is 0.352. The summed E-state index contributed by atoms with van der Waals surface area (Å²) >= 11 is 0. The van der Waals surface area contributed by atoms with E-state index in [-0.39, 0.29) is 5.78 Å². The predicted molar refractivity (Wildman–Crippen MR) is 30.6 cm³/mol. The highest BCUT2D eigenvalue weighted by Crippen LogP contribution is 2.06. The average molecular weight is 126 g/mol. The van der Waals surface area contributed by atoms with Gasteiger partial charge in [-0.1, -0.05) is 0 Å². The number of carbonyl (C=O) groups excluding carboxylic acids is 1. The van der Waals surface area contributed by atoms with Crippen molar-refractivity contribution in [2.45, 2.75) is 6.42 Å². The molecule has 0 heterocycles. The van der Waals surface area contributed by atoms with Gasteiger partial charge in [-0.3, -0.25) is 4.79 Å². The molecule has 3 heteroatoms. The fraction of sp³-hybridized carbons (Fsp3) is 0.167. The van der Waals surface area contributed by atoms with Gasteiger partial charge in [0.2, 0.25) is 0 Å². The topological polar surface area (TPSA) is 46.5 Å². The van der Waals surface area contributed by atoms with Crippen LogP contribution in [-0.4, -0.2) is 11.0 Å². The fourth-order valence-electron chi connectivity index (χ4n) is 0.580. The zero-order valence-corrected chi connectivity index (χ0v) is 4.70. The second-order valence-corrected chi connectivity index (χ2v) is 1.70. The smallest absolute Gasteiger partial charge is 0.161 e. The molecule has 48 valence electrons. The summed E-state index contributed by atoms with van der Waals surface area (Å²) < 4.78 is 0. The lowest BCUT2D eigenvalue weighted by molar-refractivity contribution is -0.198. The highest BCUT2D eigenvalue weighted by atomic mass is 17.1. The third-order valence-electron chi connectivity index (χ3n) is 1.04. The van der Waals surface area contributed by atoms with Crippen LogP contribution in [0.25, 0.3) is 0 Å². The molecule has 0 aromatic carbocycles. The molecular formula is C6H6O3. The maximum absolute atomic E-state index is 10.5. The quantitative estimate of drug-likeness (QED) is 0.419. The summed E-state index contributed by atoms with van der Waals surface area (Å²) in [5, 5.41) is 8.05. The number of carbonyl (C=O) groups is 1. The molecule has 0 unspecified atom stereocenters. The molecule has 0 aliphatic heterocycles. The van der Waals surface area contributed by atoms with Crippen LogP contribution >= 0.6 is 0 Å². The molecule has 9 heavy (non-hydrogen) atoms. The number of rotatable bonds is 1. The van der Waals surface area contributed by atoms with Gasteiger partial charge in [0.1, 0.15) is 0 Å². The van der Waals surface area contributed by atoms with Crippen molar-refractivity contribution in [1.29, 1.82) is 0 Å². The lowest BCUT2D eigenvalue weighted by Crippen LogP contribution is -1.97. The Bertz CT molecular complexity index is 179. The van der Waals surface area contributed by atoms with E-state index >= 15 is 0 Å². The summed E-state index contributed by atoms with van der Waals surface area (Å²) in [7, 11) is 0. The molecule has 0 amide bonds. The lowest BCUT2D eigenvalue weighted by atomic mass is 10.1. The highest BCUT2D eigenvalue weighted by Gasteiger charge is 2.02. The maximum atomic E-state index is 10.5. The van der Waals surface area contributed by atoms with Crippen LogP contribution in [0, 0.1) is 0 Å². The SMILES string of the molecule is O=C1C=CC(OO)=CC1. The van der Waals surface area contributed by atoms with Gasteiger partial charge in [0.15, 0.2) is 11.5 Å². The van der Waals surface area contributed by atoms with Gasteiger partial charge in [0.25, 0.3) is 0 Å². The number of hydrogen-bond acceptors (Lipinski definition) is 3. The molecule has 1 aliphatic carbocycles. The molecule has 1 N–H and O–H groups in total. The Hall–Kier alpha value is -1.09. The van der Waals surface area contributed by atoms with Crippen LogP contribution in [0.15, 0.2) is 24.0 Å². The molecule has 0 aromatic rings. The van der Waals surface area contributed by atoms with Gasteiger partial charge >= 0.3 is 0 Å². The first kappa shape index (κ1) is 6.04. The van der Waals surface area contributed by atoms with Crippen LogP contribution in [0.1, 0.15) is 6.42 Å². The van der Waals surface area contributed by atoms with E-state index in [4.69, 9.17) is 5.26 Å². The summed E-state index contributed by atoms with van der Waals surface area (Å²) in [6, 6.07) is 0. The molecule has 1 rings (SSSR count). The Kier molecular flexibility index (Phi) is 1.65. The van der Waals surface area contributed by atoms with E-state index in [0.29, 0.717) is 12.2 Å². The summed E-state index contributed by atoms with van der Waals surface area (Å²) in [6.45, 7) is 0. The Morgan fingerprint density at radius 3 is 2.78 bits per heavy atom. The Morgan fingerprint density at radius 2 is 2.33 bits per heavy atom. The van der Waals surface area contributed by atoms with Crippen molar-refractivity contribution in [2.75, 3.05) is 0 Å². The van der Waals surface area contributed by atoms with Crippen molar-refractivity contribution in [1.82, 2.24) is 0 Å².